The fourth-order valence-electron chi connectivity index (χ4n) is 1.80. The highest BCUT2D eigenvalue weighted by molar-refractivity contribution is 9.10. The number of hydrogen-bond acceptors (Lipinski definition) is 3. The van der Waals surface area contributed by atoms with Gasteiger partial charge in [0, 0.05) is 4.47 Å². The number of carbonyl (C=O) groups excluding carboxylic acids is 1. The summed E-state index contributed by atoms with van der Waals surface area (Å²) in [5.41, 5.74) is 6.46. The second-order valence-corrected chi connectivity index (χ2v) is 5.36. The Morgan fingerprint density at radius 2 is 2.22 bits per heavy atom. The van der Waals surface area contributed by atoms with Crippen molar-refractivity contribution >= 4 is 33.4 Å². The number of carbonyl (C=O) groups is 1. The third-order valence-electron chi connectivity index (χ3n) is 3.15. The fourth-order valence-corrected chi connectivity index (χ4v) is 2.14. The van der Waals surface area contributed by atoms with Crippen molar-refractivity contribution in [1.82, 2.24) is 0 Å². The number of benzene rings is 1. The number of rotatable bonds is 3. The van der Waals surface area contributed by atoms with Gasteiger partial charge in [0.2, 0.25) is 5.91 Å². The molecular weight excluding hydrogens is 298 g/mol. The van der Waals surface area contributed by atoms with Crippen LogP contribution in [0, 0.1) is 12.3 Å². The van der Waals surface area contributed by atoms with E-state index in [1.54, 1.807) is 0 Å². The molecule has 0 spiro atoms. The zero-order valence-electron chi connectivity index (χ0n) is 9.90. The highest BCUT2D eigenvalue weighted by atomic mass is 79.9. The number of amidine groups is 1. The Balaban J connectivity index is 2.20. The largest absolute Gasteiger partial charge is 0.409 e. The Bertz CT molecular complexity index is 524. The Morgan fingerprint density at radius 3 is 2.78 bits per heavy atom. The van der Waals surface area contributed by atoms with E-state index in [-0.39, 0.29) is 11.7 Å². The number of nitrogens with zero attached hydrogens (tertiary/aromatic N) is 1. The van der Waals surface area contributed by atoms with Gasteiger partial charge in [0.05, 0.1) is 5.69 Å². The zero-order chi connectivity index (χ0) is 13.3. The average molecular weight is 312 g/mol. The van der Waals surface area contributed by atoms with E-state index in [0.717, 1.165) is 10.0 Å². The third-order valence-corrected chi connectivity index (χ3v) is 3.84. The molecule has 0 unspecified atom stereocenters. The SMILES string of the molecule is Cc1ccc(Br)c(NC(=O)C2(/C(N)=N/O)CC2)c1. The topological polar surface area (TPSA) is 87.7 Å². The van der Waals surface area contributed by atoms with Crippen LogP contribution in [0.15, 0.2) is 27.8 Å². The second kappa shape index (κ2) is 4.61. The highest BCUT2D eigenvalue weighted by Gasteiger charge is 2.54. The summed E-state index contributed by atoms with van der Waals surface area (Å²) in [4.78, 5) is 12.2. The summed E-state index contributed by atoms with van der Waals surface area (Å²) in [5.74, 6) is -0.257. The summed E-state index contributed by atoms with van der Waals surface area (Å²) in [7, 11) is 0. The van der Waals surface area contributed by atoms with E-state index in [4.69, 9.17) is 10.9 Å². The summed E-state index contributed by atoms with van der Waals surface area (Å²) in [6, 6.07) is 5.68. The molecule has 1 amide bonds. The molecule has 0 saturated heterocycles. The highest BCUT2D eigenvalue weighted by Crippen LogP contribution is 2.47. The minimum atomic E-state index is -0.835. The van der Waals surface area contributed by atoms with E-state index < -0.39 is 5.41 Å². The van der Waals surface area contributed by atoms with Crippen molar-refractivity contribution in [2.45, 2.75) is 19.8 Å². The smallest absolute Gasteiger partial charge is 0.238 e. The lowest BCUT2D eigenvalue weighted by atomic mass is 10.0. The van der Waals surface area contributed by atoms with Gasteiger partial charge in [-0.3, -0.25) is 4.79 Å². The Labute approximate surface area is 113 Å². The molecule has 1 aromatic carbocycles. The maximum Gasteiger partial charge on any atom is 0.238 e. The van der Waals surface area contributed by atoms with Crippen molar-refractivity contribution in [3.63, 3.8) is 0 Å². The van der Waals surface area contributed by atoms with Crippen LogP contribution in [0.2, 0.25) is 0 Å². The van der Waals surface area contributed by atoms with Gasteiger partial charge in [-0.15, -0.1) is 0 Å². The molecule has 1 aromatic rings. The summed E-state index contributed by atoms with van der Waals surface area (Å²) < 4.78 is 0.803. The monoisotopic (exact) mass is 311 g/mol. The number of nitrogens with one attached hydrogen (secondary N) is 1. The van der Waals surface area contributed by atoms with E-state index in [0.29, 0.717) is 18.5 Å². The van der Waals surface area contributed by atoms with Gasteiger partial charge in [-0.25, -0.2) is 0 Å². The molecule has 5 nitrogen and oxygen atoms in total. The molecule has 4 N–H and O–H groups in total. The molecule has 1 saturated carbocycles. The first-order valence-corrected chi connectivity index (χ1v) is 6.34. The number of halogens is 1. The number of anilines is 1. The summed E-state index contributed by atoms with van der Waals surface area (Å²) in [6.45, 7) is 1.94. The lowest BCUT2D eigenvalue weighted by Crippen LogP contribution is -2.36. The molecule has 1 aliphatic carbocycles. The summed E-state index contributed by atoms with van der Waals surface area (Å²) in [6.07, 6.45) is 1.22. The first-order chi connectivity index (χ1) is 8.49. The van der Waals surface area contributed by atoms with Crippen molar-refractivity contribution in [3.8, 4) is 0 Å². The van der Waals surface area contributed by atoms with Crippen LogP contribution in [0.1, 0.15) is 18.4 Å². The molecule has 18 heavy (non-hydrogen) atoms. The predicted octanol–water partition coefficient (Wildman–Crippen LogP) is 2.22. The third kappa shape index (κ3) is 2.20. The normalized spacial score (nSPS) is 17.3. The zero-order valence-corrected chi connectivity index (χ0v) is 11.5. The average Bonchev–Trinajstić information content (AvgIpc) is 3.14. The number of oxime groups is 1. The number of amides is 1. The van der Waals surface area contributed by atoms with Crippen molar-refractivity contribution in [1.29, 1.82) is 0 Å². The minimum Gasteiger partial charge on any atom is -0.409 e. The lowest BCUT2D eigenvalue weighted by molar-refractivity contribution is -0.119. The molecule has 6 heteroatoms. The predicted molar refractivity (Wildman–Crippen MR) is 72.6 cm³/mol. The molecule has 0 aliphatic heterocycles. The maximum absolute atomic E-state index is 12.2. The Kier molecular flexibility index (Phi) is 3.30. The lowest BCUT2D eigenvalue weighted by Gasteiger charge is -2.15. The van der Waals surface area contributed by atoms with Gasteiger partial charge in [0.15, 0.2) is 5.84 Å². The molecule has 96 valence electrons. The van der Waals surface area contributed by atoms with Crippen molar-refractivity contribution in [3.05, 3.63) is 28.2 Å². The number of aryl methyl sites for hydroxylation is 1. The van der Waals surface area contributed by atoms with Gasteiger partial charge in [0.25, 0.3) is 0 Å². The molecule has 2 rings (SSSR count). The number of hydrogen-bond donors (Lipinski definition) is 3. The molecule has 1 fully saturated rings. The van der Waals surface area contributed by atoms with E-state index in [9.17, 15) is 4.79 Å². The van der Waals surface area contributed by atoms with Crippen molar-refractivity contribution < 1.29 is 10.0 Å². The molecule has 0 aromatic heterocycles. The van der Waals surface area contributed by atoms with Crippen LogP contribution in [-0.2, 0) is 4.79 Å². The van der Waals surface area contributed by atoms with Gasteiger partial charge in [-0.05, 0) is 53.4 Å². The van der Waals surface area contributed by atoms with Crippen LogP contribution in [0.4, 0.5) is 5.69 Å². The van der Waals surface area contributed by atoms with Gasteiger partial charge in [-0.2, -0.15) is 0 Å². The van der Waals surface area contributed by atoms with Crippen LogP contribution >= 0.6 is 15.9 Å². The molecular formula is C12H14BrN3O2. The molecule has 0 radical (unpaired) electrons. The van der Waals surface area contributed by atoms with E-state index in [1.807, 2.05) is 25.1 Å². The van der Waals surface area contributed by atoms with Gasteiger partial charge in [0.1, 0.15) is 5.41 Å². The molecule has 0 atom stereocenters. The molecule has 0 heterocycles. The fraction of sp³-hybridized carbons (Fsp3) is 0.333. The molecule has 1 aliphatic rings. The van der Waals surface area contributed by atoms with E-state index in [1.165, 1.54) is 0 Å². The van der Waals surface area contributed by atoms with E-state index in [2.05, 4.69) is 26.4 Å². The Morgan fingerprint density at radius 1 is 1.56 bits per heavy atom. The van der Waals surface area contributed by atoms with Crippen LogP contribution in [-0.4, -0.2) is 17.0 Å². The van der Waals surface area contributed by atoms with E-state index >= 15 is 0 Å². The quantitative estimate of drug-likeness (QED) is 0.346. The van der Waals surface area contributed by atoms with Crippen LogP contribution < -0.4 is 11.1 Å². The van der Waals surface area contributed by atoms with Crippen LogP contribution in [0.5, 0.6) is 0 Å². The van der Waals surface area contributed by atoms with Gasteiger partial charge >= 0.3 is 0 Å². The van der Waals surface area contributed by atoms with Crippen molar-refractivity contribution in [2.75, 3.05) is 5.32 Å². The standard InChI is InChI=1S/C12H14BrN3O2/c1-7-2-3-8(13)9(6-7)15-11(17)12(4-5-12)10(14)16-18/h2-3,6,18H,4-5H2,1H3,(H2,14,16)(H,15,17). The van der Waals surface area contributed by atoms with Gasteiger partial charge in [-0.1, -0.05) is 11.2 Å². The Hall–Kier alpha value is -1.56. The first kappa shape index (κ1) is 12.9. The summed E-state index contributed by atoms with van der Waals surface area (Å²) >= 11 is 3.37. The van der Waals surface area contributed by atoms with Crippen molar-refractivity contribution in [2.24, 2.45) is 16.3 Å². The van der Waals surface area contributed by atoms with Crippen LogP contribution in [0.3, 0.4) is 0 Å². The second-order valence-electron chi connectivity index (χ2n) is 4.50. The number of nitrogens with two attached hydrogens (primary N) is 1. The molecule has 0 bridgehead atoms. The first-order valence-electron chi connectivity index (χ1n) is 5.55. The van der Waals surface area contributed by atoms with Gasteiger partial charge < -0.3 is 16.3 Å². The van der Waals surface area contributed by atoms with Crippen LogP contribution in [0.25, 0.3) is 0 Å². The maximum atomic E-state index is 12.2. The minimum absolute atomic E-state index is 0.0243. The summed E-state index contributed by atoms with van der Waals surface area (Å²) in [5, 5.41) is 14.5.